The molecule has 0 spiro atoms. The molecule has 3 atom stereocenters. The molecular formula is C11H13F3N4. The Kier molecular flexibility index (Phi) is 2.65. The summed E-state index contributed by atoms with van der Waals surface area (Å²) in [6.45, 7) is 0. The molecule has 0 unspecified atom stereocenters. The standard InChI is InChI=1S/C11H13F3N4/c12-11(13,14)6-4-15-10(16-5-6)18-9-3-7-1-2-8(9)17-7/h4-5,7-9,17H,1-3H2,(H,15,16,18)/t7-,8+,9-/m1/s1. The molecule has 4 nitrogen and oxygen atoms in total. The SMILES string of the molecule is FC(F)(F)c1cnc(N[C@@H]2C[C@H]3CC[C@@H]2N3)nc1. The first-order valence-corrected chi connectivity index (χ1v) is 5.94. The Labute approximate surface area is 102 Å². The first kappa shape index (κ1) is 11.7. The van der Waals surface area contributed by atoms with E-state index < -0.39 is 11.7 Å². The number of hydrogen-bond acceptors (Lipinski definition) is 4. The first-order chi connectivity index (χ1) is 8.52. The van der Waals surface area contributed by atoms with Crippen molar-refractivity contribution in [2.75, 3.05) is 5.32 Å². The van der Waals surface area contributed by atoms with E-state index in [0.29, 0.717) is 12.1 Å². The fourth-order valence-electron chi connectivity index (χ4n) is 2.70. The Morgan fingerprint density at radius 3 is 2.44 bits per heavy atom. The van der Waals surface area contributed by atoms with E-state index in [4.69, 9.17) is 0 Å². The number of aromatic nitrogens is 2. The van der Waals surface area contributed by atoms with E-state index in [1.165, 1.54) is 6.42 Å². The molecule has 7 heteroatoms. The Bertz CT molecular complexity index is 431. The van der Waals surface area contributed by atoms with Crippen LogP contribution < -0.4 is 10.6 Å². The fraction of sp³-hybridized carbons (Fsp3) is 0.636. The number of fused-ring (bicyclic) bond motifs is 2. The van der Waals surface area contributed by atoms with Gasteiger partial charge in [-0.15, -0.1) is 0 Å². The van der Waals surface area contributed by atoms with Gasteiger partial charge in [-0.1, -0.05) is 0 Å². The Balaban J connectivity index is 1.67. The number of halogens is 3. The summed E-state index contributed by atoms with van der Waals surface area (Å²) in [5, 5.41) is 6.53. The van der Waals surface area contributed by atoms with E-state index in [1.807, 2.05) is 0 Å². The molecule has 0 aliphatic carbocycles. The molecule has 0 amide bonds. The van der Waals surface area contributed by atoms with Crippen molar-refractivity contribution in [3.8, 4) is 0 Å². The molecule has 2 N–H and O–H groups in total. The summed E-state index contributed by atoms with van der Waals surface area (Å²) in [5.74, 6) is 0.266. The molecule has 2 saturated heterocycles. The van der Waals surface area contributed by atoms with Crippen molar-refractivity contribution in [1.82, 2.24) is 15.3 Å². The summed E-state index contributed by atoms with van der Waals surface area (Å²) in [5.41, 5.74) is -0.820. The molecule has 3 heterocycles. The van der Waals surface area contributed by atoms with Crippen molar-refractivity contribution in [2.24, 2.45) is 0 Å². The van der Waals surface area contributed by atoms with Crippen molar-refractivity contribution in [3.05, 3.63) is 18.0 Å². The minimum Gasteiger partial charge on any atom is -0.350 e. The van der Waals surface area contributed by atoms with Gasteiger partial charge in [0.25, 0.3) is 0 Å². The zero-order valence-corrected chi connectivity index (χ0v) is 9.54. The smallest absolute Gasteiger partial charge is 0.350 e. The number of anilines is 1. The van der Waals surface area contributed by atoms with Crippen LogP contribution in [0.1, 0.15) is 24.8 Å². The topological polar surface area (TPSA) is 49.8 Å². The van der Waals surface area contributed by atoms with Crippen molar-refractivity contribution in [3.63, 3.8) is 0 Å². The summed E-state index contributed by atoms with van der Waals surface area (Å²) in [6, 6.07) is 1.14. The number of nitrogens with zero attached hydrogens (tertiary/aromatic N) is 2. The van der Waals surface area contributed by atoms with E-state index in [0.717, 1.165) is 25.2 Å². The highest BCUT2D eigenvalue weighted by molar-refractivity contribution is 5.29. The van der Waals surface area contributed by atoms with E-state index in [9.17, 15) is 13.2 Å². The molecule has 1 aromatic heterocycles. The monoisotopic (exact) mass is 258 g/mol. The third-order valence-corrected chi connectivity index (χ3v) is 3.59. The van der Waals surface area contributed by atoms with E-state index in [1.54, 1.807) is 0 Å². The molecular weight excluding hydrogens is 245 g/mol. The maximum Gasteiger partial charge on any atom is 0.419 e. The third kappa shape index (κ3) is 2.14. The van der Waals surface area contributed by atoms with Gasteiger partial charge in [0.05, 0.1) is 5.56 Å². The third-order valence-electron chi connectivity index (χ3n) is 3.59. The molecule has 2 bridgehead atoms. The van der Waals surface area contributed by atoms with Gasteiger partial charge in [-0.05, 0) is 19.3 Å². The van der Waals surface area contributed by atoms with Crippen molar-refractivity contribution in [1.29, 1.82) is 0 Å². The number of hydrogen-bond donors (Lipinski definition) is 2. The summed E-state index contributed by atoms with van der Waals surface area (Å²) < 4.78 is 37.0. The second kappa shape index (κ2) is 4.08. The number of alkyl halides is 3. The van der Waals surface area contributed by atoms with Gasteiger partial charge in [-0.3, -0.25) is 0 Å². The van der Waals surface area contributed by atoms with Gasteiger partial charge in [-0.25, -0.2) is 9.97 Å². The van der Waals surface area contributed by atoms with Crippen LogP contribution in [0.4, 0.5) is 19.1 Å². The highest BCUT2D eigenvalue weighted by Gasteiger charge is 2.39. The lowest BCUT2D eigenvalue weighted by atomic mass is 9.96. The molecule has 0 aromatic carbocycles. The minimum absolute atomic E-state index is 0.223. The van der Waals surface area contributed by atoms with Crippen LogP contribution in [0.25, 0.3) is 0 Å². The molecule has 1 aromatic rings. The van der Waals surface area contributed by atoms with Crippen molar-refractivity contribution < 1.29 is 13.2 Å². The largest absolute Gasteiger partial charge is 0.419 e. The van der Waals surface area contributed by atoms with Crippen LogP contribution >= 0.6 is 0 Å². The summed E-state index contributed by atoms with van der Waals surface area (Å²) in [4.78, 5) is 7.44. The molecule has 2 aliphatic rings. The average Bonchev–Trinajstić information content (AvgIpc) is 2.90. The number of nitrogens with one attached hydrogen (secondary N) is 2. The van der Waals surface area contributed by atoms with E-state index >= 15 is 0 Å². The second-order valence-corrected chi connectivity index (χ2v) is 4.83. The highest BCUT2D eigenvalue weighted by Crippen LogP contribution is 2.31. The maximum atomic E-state index is 12.3. The van der Waals surface area contributed by atoms with E-state index in [2.05, 4.69) is 20.6 Å². The lowest BCUT2D eigenvalue weighted by Gasteiger charge is -2.21. The lowest BCUT2D eigenvalue weighted by molar-refractivity contribution is -0.138. The molecule has 2 aliphatic heterocycles. The molecule has 3 rings (SSSR count). The highest BCUT2D eigenvalue weighted by atomic mass is 19.4. The zero-order chi connectivity index (χ0) is 12.8. The predicted octanol–water partition coefficient (Wildman–Crippen LogP) is 1.80. The van der Waals surface area contributed by atoms with E-state index in [-0.39, 0.29) is 12.0 Å². The predicted molar refractivity (Wildman–Crippen MR) is 59.0 cm³/mol. The normalized spacial score (nSPS) is 30.7. The minimum atomic E-state index is -4.38. The number of rotatable bonds is 2. The molecule has 98 valence electrons. The zero-order valence-electron chi connectivity index (χ0n) is 9.54. The summed E-state index contributed by atoms with van der Waals surface area (Å²) in [7, 11) is 0. The van der Waals surface area contributed by atoms with Crippen LogP contribution in [0.15, 0.2) is 12.4 Å². The van der Waals surface area contributed by atoms with Gasteiger partial charge in [-0.2, -0.15) is 13.2 Å². The second-order valence-electron chi connectivity index (χ2n) is 4.83. The van der Waals surface area contributed by atoms with Crippen LogP contribution in [-0.2, 0) is 6.18 Å². The quantitative estimate of drug-likeness (QED) is 0.849. The molecule has 0 radical (unpaired) electrons. The van der Waals surface area contributed by atoms with Crippen molar-refractivity contribution >= 4 is 5.95 Å². The molecule has 0 saturated carbocycles. The van der Waals surface area contributed by atoms with Crippen LogP contribution in [0.3, 0.4) is 0 Å². The van der Waals surface area contributed by atoms with Crippen LogP contribution in [0, 0.1) is 0 Å². The molecule has 18 heavy (non-hydrogen) atoms. The Morgan fingerprint density at radius 1 is 1.22 bits per heavy atom. The summed E-state index contributed by atoms with van der Waals surface area (Å²) in [6.07, 6.45) is 0.507. The van der Waals surface area contributed by atoms with Gasteiger partial charge in [0.2, 0.25) is 5.95 Å². The van der Waals surface area contributed by atoms with Gasteiger partial charge >= 0.3 is 6.18 Å². The van der Waals surface area contributed by atoms with Crippen LogP contribution in [-0.4, -0.2) is 28.1 Å². The average molecular weight is 258 g/mol. The van der Waals surface area contributed by atoms with Crippen LogP contribution in [0.5, 0.6) is 0 Å². The van der Waals surface area contributed by atoms with Crippen molar-refractivity contribution in [2.45, 2.75) is 43.6 Å². The summed E-state index contributed by atoms with van der Waals surface area (Å²) >= 11 is 0. The Morgan fingerprint density at radius 2 is 1.94 bits per heavy atom. The first-order valence-electron chi connectivity index (χ1n) is 5.94. The molecule has 2 fully saturated rings. The van der Waals surface area contributed by atoms with Gasteiger partial charge < -0.3 is 10.6 Å². The van der Waals surface area contributed by atoms with Gasteiger partial charge in [0.15, 0.2) is 0 Å². The van der Waals surface area contributed by atoms with Crippen LogP contribution in [0.2, 0.25) is 0 Å². The fourth-order valence-corrected chi connectivity index (χ4v) is 2.70. The maximum absolute atomic E-state index is 12.3. The van der Waals surface area contributed by atoms with Gasteiger partial charge in [0, 0.05) is 30.5 Å². The lowest BCUT2D eigenvalue weighted by Crippen LogP contribution is -2.34. The van der Waals surface area contributed by atoms with Gasteiger partial charge in [0.1, 0.15) is 0 Å². The Hall–Kier alpha value is -1.37.